The first kappa shape index (κ1) is 18.9. The standard InChI is InChI=1S/C23H26ClN3O/c1-15-3-10-21-22(27(15)2)12-11-20(16(13-25)14-26-18-6-7-18)23(21)28-19-8-4-17(24)5-9-19/h4-5,8-9,11-15,18,25-26H,3,6-7,10H2,1-2H3/b16-14+,25-13?. The molecule has 1 aliphatic carbocycles. The van der Waals surface area contributed by atoms with Gasteiger partial charge in [-0.1, -0.05) is 11.6 Å². The monoisotopic (exact) mass is 395 g/mol. The summed E-state index contributed by atoms with van der Waals surface area (Å²) in [4.78, 5) is 2.31. The Bertz CT molecular complexity index is 903. The second-order valence-corrected chi connectivity index (χ2v) is 8.12. The second-order valence-electron chi connectivity index (χ2n) is 7.68. The van der Waals surface area contributed by atoms with Gasteiger partial charge in [0.1, 0.15) is 11.5 Å². The normalized spacial score (nSPS) is 19.2. The van der Waals surface area contributed by atoms with Crippen molar-refractivity contribution in [3.05, 3.63) is 58.7 Å². The highest BCUT2D eigenvalue weighted by molar-refractivity contribution is 6.30. The van der Waals surface area contributed by atoms with Crippen LogP contribution in [0.2, 0.25) is 5.02 Å². The predicted molar refractivity (Wildman–Crippen MR) is 117 cm³/mol. The van der Waals surface area contributed by atoms with E-state index in [2.05, 4.69) is 36.3 Å². The molecule has 146 valence electrons. The van der Waals surface area contributed by atoms with Crippen LogP contribution >= 0.6 is 11.6 Å². The fourth-order valence-corrected chi connectivity index (χ4v) is 3.72. The molecule has 4 rings (SSSR count). The number of anilines is 1. The van der Waals surface area contributed by atoms with Crippen LogP contribution in [0.1, 0.15) is 37.3 Å². The van der Waals surface area contributed by atoms with Crippen molar-refractivity contribution in [3.63, 3.8) is 0 Å². The average Bonchev–Trinajstić information content (AvgIpc) is 3.52. The van der Waals surface area contributed by atoms with Gasteiger partial charge >= 0.3 is 0 Å². The third-order valence-corrected chi connectivity index (χ3v) is 5.89. The number of nitrogens with one attached hydrogen (secondary N) is 2. The Morgan fingerprint density at radius 2 is 1.93 bits per heavy atom. The lowest BCUT2D eigenvalue weighted by Crippen LogP contribution is -2.33. The van der Waals surface area contributed by atoms with E-state index in [1.807, 2.05) is 30.5 Å². The van der Waals surface area contributed by atoms with Gasteiger partial charge in [0.25, 0.3) is 0 Å². The summed E-state index contributed by atoms with van der Waals surface area (Å²) in [6.07, 6.45) is 7.79. The molecule has 0 bridgehead atoms. The van der Waals surface area contributed by atoms with E-state index in [1.54, 1.807) is 0 Å². The van der Waals surface area contributed by atoms with Gasteiger partial charge in [0.2, 0.25) is 0 Å². The van der Waals surface area contributed by atoms with Gasteiger partial charge in [-0.15, -0.1) is 0 Å². The molecular weight excluding hydrogens is 370 g/mol. The number of fused-ring (bicyclic) bond motifs is 1. The van der Waals surface area contributed by atoms with Crippen molar-refractivity contribution in [2.75, 3.05) is 11.9 Å². The summed E-state index contributed by atoms with van der Waals surface area (Å²) in [5.74, 6) is 1.59. The fraction of sp³-hybridized carbons (Fsp3) is 0.348. The van der Waals surface area contributed by atoms with E-state index in [1.165, 1.54) is 30.3 Å². The summed E-state index contributed by atoms with van der Waals surface area (Å²) in [5, 5.41) is 12.1. The first-order valence-corrected chi connectivity index (χ1v) is 10.2. The van der Waals surface area contributed by atoms with E-state index in [0.717, 1.165) is 35.5 Å². The highest BCUT2D eigenvalue weighted by Crippen LogP contribution is 2.42. The lowest BCUT2D eigenvalue weighted by atomic mass is 9.92. The Morgan fingerprint density at radius 3 is 2.61 bits per heavy atom. The van der Waals surface area contributed by atoms with Gasteiger partial charge in [-0.3, -0.25) is 0 Å². The molecule has 0 amide bonds. The van der Waals surface area contributed by atoms with Crippen LogP contribution in [0.15, 0.2) is 42.6 Å². The Hall–Kier alpha value is -2.46. The van der Waals surface area contributed by atoms with Gasteiger partial charge < -0.3 is 20.4 Å². The largest absolute Gasteiger partial charge is 0.456 e. The van der Waals surface area contributed by atoms with Crippen molar-refractivity contribution in [3.8, 4) is 11.5 Å². The minimum atomic E-state index is 0.496. The van der Waals surface area contributed by atoms with E-state index < -0.39 is 0 Å². The lowest BCUT2D eigenvalue weighted by Gasteiger charge is -2.35. The smallest absolute Gasteiger partial charge is 0.140 e. The molecule has 28 heavy (non-hydrogen) atoms. The molecular formula is C23H26ClN3O. The van der Waals surface area contributed by atoms with E-state index in [9.17, 15) is 0 Å². The Balaban J connectivity index is 1.79. The van der Waals surface area contributed by atoms with Crippen molar-refractivity contribution in [2.45, 2.75) is 44.7 Å². The van der Waals surface area contributed by atoms with Crippen molar-refractivity contribution in [1.82, 2.24) is 5.32 Å². The van der Waals surface area contributed by atoms with Crippen LogP contribution in [0.25, 0.3) is 5.57 Å². The summed E-state index contributed by atoms with van der Waals surface area (Å²) >= 11 is 6.04. The van der Waals surface area contributed by atoms with Gasteiger partial charge in [-0.25, -0.2) is 0 Å². The number of ether oxygens (including phenoxy) is 1. The van der Waals surface area contributed by atoms with Gasteiger partial charge in [-0.05, 0) is 69.0 Å². The van der Waals surface area contributed by atoms with Crippen LogP contribution in [0.3, 0.4) is 0 Å². The van der Waals surface area contributed by atoms with Crippen LogP contribution in [0.4, 0.5) is 5.69 Å². The average molecular weight is 396 g/mol. The molecule has 0 saturated heterocycles. The Morgan fingerprint density at radius 1 is 1.18 bits per heavy atom. The highest BCUT2D eigenvalue weighted by Gasteiger charge is 2.26. The summed E-state index contributed by atoms with van der Waals surface area (Å²) in [7, 11) is 2.14. The number of rotatable bonds is 6. The SMILES string of the molecule is CC1CCc2c(ccc(/C(C=N)=C/NC3CC3)c2Oc2ccc(Cl)cc2)N1C. The summed E-state index contributed by atoms with van der Waals surface area (Å²) < 4.78 is 6.39. The van der Waals surface area contributed by atoms with Crippen LogP contribution in [0, 0.1) is 5.41 Å². The third-order valence-electron chi connectivity index (χ3n) is 5.64. The minimum Gasteiger partial charge on any atom is -0.456 e. The summed E-state index contributed by atoms with van der Waals surface area (Å²) in [5.41, 5.74) is 4.18. The first-order valence-electron chi connectivity index (χ1n) is 9.86. The number of halogens is 1. The molecule has 1 heterocycles. The van der Waals surface area contributed by atoms with Crippen molar-refractivity contribution >= 4 is 29.1 Å². The zero-order chi connectivity index (χ0) is 19.7. The molecule has 2 aromatic carbocycles. The Labute approximate surface area is 171 Å². The molecule has 0 aromatic heterocycles. The molecule has 0 radical (unpaired) electrons. The van der Waals surface area contributed by atoms with E-state index in [4.69, 9.17) is 21.7 Å². The van der Waals surface area contributed by atoms with Gasteiger partial charge in [0.05, 0.1) is 0 Å². The highest BCUT2D eigenvalue weighted by atomic mass is 35.5. The fourth-order valence-electron chi connectivity index (χ4n) is 3.59. The number of nitrogens with zero attached hydrogens (tertiary/aromatic N) is 1. The second kappa shape index (κ2) is 7.88. The van der Waals surface area contributed by atoms with Crippen molar-refractivity contribution in [1.29, 1.82) is 5.41 Å². The molecule has 1 atom stereocenters. The van der Waals surface area contributed by atoms with E-state index in [-0.39, 0.29) is 0 Å². The minimum absolute atomic E-state index is 0.496. The van der Waals surface area contributed by atoms with Gasteiger partial charge in [-0.2, -0.15) is 0 Å². The zero-order valence-corrected chi connectivity index (χ0v) is 17.1. The maximum absolute atomic E-state index is 7.96. The molecule has 4 nitrogen and oxygen atoms in total. The summed E-state index contributed by atoms with van der Waals surface area (Å²) in [6, 6.07) is 12.7. The maximum atomic E-state index is 7.96. The quantitative estimate of drug-likeness (QED) is 0.621. The van der Waals surface area contributed by atoms with Crippen molar-refractivity contribution < 1.29 is 4.74 Å². The zero-order valence-electron chi connectivity index (χ0n) is 16.3. The third kappa shape index (κ3) is 3.88. The van der Waals surface area contributed by atoms with Crippen molar-refractivity contribution in [2.24, 2.45) is 0 Å². The van der Waals surface area contributed by atoms with Crippen LogP contribution in [-0.2, 0) is 6.42 Å². The van der Waals surface area contributed by atoms with E-state index >= 15 is 0 Å². The Kier molecular flexibility index (Phi) is 5.31. The first-order chi connectivity index (χ1) is 13.6. The lowest BCUT2D eigenvalue weighted by molar-refractivity contribution is 0.467. The van der Waals surface area contributed by atoms with Crippen LogP contribution in [-0.4, -0.2) is 25.3 Å². The molecule has 0 spiro atoms. The molecule has 5 heteroatoms. The van der Waals surface area contributed by atoms with Gasteiger partial charge in [0, 0.05) is 59.0 Å². The number of benzene rings is 2. The number of hydrogen-bond acceptors (Lipinski definition) is 4. The maximum Gasteiger partial charge on any atom is 0.140 e. The topological polar surface area (TPSA) is 48.4 Å². The molecule has 2 aromatic rings. The van der Waals surface area contributed by atoms with Crippen LogP contribution < -0.4 is 15.0 Å². The number of hydrogen-bond donors (Lipinski definition) is 2. The van der Waals surface area contributed by atoms with Gasteiger partial charge in [0.15, 0.2) is 0 Å². The molecule has 1 fully saturated rings. The van der Waals surface area contributed by atoms with Crippen LogP contribution in [0.5, 0.6) is 11.5 Å². The molecule has 1 saturated carbocycles. The molecule has 1 unspecified atom stereocenters. The van der Waals surface area contributed by atoms with E-state index in [0.29, 0.717) is 17.1 Å². The molecule has 1 aliphatic heterocycles. The number of allylic oxidation sites excluding steroid dienone is 1. The summed E-state index contributed by atoms with van der Waals surface area (Å²) in [6.45, 7) is 2.25. The molecule has 2 N–H and O–H groups in total. The molecule has 2 aliphatic rings. The predicted octanol–water partition coefficient (Wildman–Crippen LogP) is 5.65.